The van der Waals surface area contributed by atoms with Gasteiger partial charge in [-0.1, -0.05) is 0 Å². The molecule has 0 spiro atoms. The van der Waals surface area contributed by atoms with Crippen LogP contribution in [0.2, 0.25) is 0 Å². The van der Waals surface area contributed by atoms with Crippen LogP contribution in [0.1, 0.15) is 28.8 Å². The summed E-state index contributed by atoms with van der Waals surface area (Å²) < 4.78 is 52.9. The largest absolute Gasteiger partial charge is 0.416 e. The third kappa shape index (κ3) is 7.09. The van der Waals surface area contributed by atoms with Gasteiger partial charge in [0, 0.05) is 32.8 Å². The number of alkyl halides is 3. The van der Waals surface area contributed by atoms with E-state index >= 15 is 0 Å². The van der Waals surface area contributed by atoms with Gasteiger partial charge in [-0.25, -0.2) is 9.37 Å². The van der Waals surface area contributed by atoms with Crippen LogP contribution >= 0.6 is 11.8 Å². The van der Waals surface area contributed by atoms with Crippen LogP contribution in [0.5, 0.6) is 0 Å². The monoisotopic (exact) mass is 460 g/mol. The number of nitro groups is 1. The molecule has 7 nitrogen and oxygen atoms in total. The van der Waals surface area contributed by atoms with E-state index in [1.165, 1.54) is 4.90 Å². The Hall–Kier alpha value is -2.89. The predicted molar refractivity (Wildman–Crippen MR) is 109 cm³/mol. The lowest BCUT2D eigenvalue weighted by molar-refractivity contribution is -0.384. The molecule has 2 rings (SSSR count). The Bertz CT molecular complexity index is 954. The van der Waals surface area contributed by atoms with Gasteiger partial charge in [0.2, 0.25) is 0 Å². The van der Waals surface area contributed by atoms with Gasteiger partial charge in [0.15, 0.2) is 0 Å². The zero-order valence-corrected chi connectivity index (χ0v) is 17.5. The Balaban J connectivity index is 1.85. The second kappa shape index (κ2) is 10.4. The Labute approximate surface area is 180 Å². The van der Waals surface area contributed by atoms with E-state index < -0.39 is 39.6 Å². The molecule has 0 aliphatic rings. The minimum atomic E-state index is -4.48. The molecule has 2 aromatic rings. The fraction of sp³-hybridized carbons (Fsp3) is 0.368. The molecule has 0 bridgehead atoms. The number of benzene rings is 1. The number of rotatable bonds is 9. The third-order valence-corrected chi connectivity index (χ3v) is 5.08. The van der Waals surface area contributed by atoms with Gasteiger partial charge in [-0.15, -0.1) is 11.8 Å². The van der Waals surface area contributed by atoms with Crippen LogP contribution in [0.25, 0.3) is 0 Å². The maximum absolute atomic E-state index is 13.7. The number of halogens is 4. The maximum atomic E-state index is 13.7. The van der Waals surface area contributed by atoms with Crippen LogP contribution in [0, 0.1) is 15.9 Å². The molecule has 1 amide bonds. The number of non-ortho nitro benzene ring substituents is 1. The van der Waals surface area contributed by atoms with Crippen molar-refractivity contribution in [2.24, 2.45) is 0 Å². The highest BCUT2D eigenvalue weighted by Gasteiger charge is 2.32. The molecule has 1 N–H and O–H groups in total. The van der Waals surface area contributed by atoms with E-state index in [1.54, 1.807) is 14.1 Å². The Morgan fingerprint density at radius 3 is 2.55 bits per heavy atom. The first-order valence-electron chi connectivity index (χ1n) is 9.10. The number of nitrogens with one attached hydrogen (secondary N) is 1. The fourth-order valence-electron chi connectivity index (χ4n) is 2.46. The van der Waals surface area contributed by atoms with Crippen molar-refractivity contribution in [3.8, 4) is 0 Å². The summed E-state index contributed by atoms with van der Waals surface area (Å²) >= 11 is 1.16. The average Bonchev–Trinajstić information content (AvgIpc) is 2.69. The second-order valence-electron chi connectivity index (χ2n) is 6.68. The molecule has 0 fully saturated rings. The number of amides is 1. The Morgan fingerprint density at radius 2 is 1.94 bits per heavy atom. The predicted octanol–water partition coefficient (Wildman–Crippen LogP) is 4.52. The minimum absolute atomic E-state index is 0.181. The Morgan fingerprint density at radius 1 is 1.23 bits per heavy atom. The van der Waals surface area contributed by atoms with Crippen molar-refractivity contribution in [1.29, 1.82) is 0 Å². The summed E-state index contributed by atoms with van der Waals surface area (Å²) in [5, 5.41) is 13.5. The van der Waals surface area contributed by atoms with Crippen molar-refractivity contribution in [2.45, 2.75) is 24.0 Å². The Kier molecular flexibility index (Phi) is 8.20. The smallest absolute Gasteiger partial charge is 0.363 e. The molecule has 168 valence electrons. The number of thioether (sulfide) groups is 1. The summed E-state index contributed by atoms with van der Waals surface area (Å²) in [5.41, 5.74) is -1.60. The number of pyridine rings is 1. The fourth-order valence-corrected chi connectivity index (χ4v) is 3.39. The van der Waals surface area contributed by atoms with Gasteiger partial charge in [0.05, 0.1) is 21.1 Å². The van der Waals surface area contributed by atoms with Gasteiger partial charge < -0.3 is 10.2 Å². The lowest BCUT2D eigenvalue weighted by atomic mass is 10.1. The van der Waals surface area contributed by atoms with Crippen molar-refractivity contribution in [3.05, 3.63) is 57.4 Å². The molecule has 1 aromatic heterocycles. The van der Waals surface area contributed by atoms with E-state index in [0.717, 1.165) is 42.1 Å². The van der Waals surface area contributed by atoms with Crippen molar-refractivity contribution >= 4 is 29.2 Å². The summed E-state index contributed by atoms with van der Waals surface area (Å²) in [7, 11) is 3.20. The molecule has 0 aliphatic heterocycles. The molecule has 0 unspecified atom stereocenters. The second-order valence-corrected chi connectivity index (χ2v) is 7.79. The summed E-state index contributed by atoms with van der Waals surface area (Å²) in [6.45, 7) is 0.181. The van der Waals surface area contributed by atoms with Crippen LogP contribution in [-0.4, -0.2) is 42.2 Å². The van der Waals surface area contributed by atoms with Gasteiger partial charge in [0.1, 0.15) is 11.6 Å². The van der Waals surface area contributed by atoms with Gasteiger partial charge >= 0.3 is 6.18 Å². The van der Waals surface area contributed by atoms with Crippen LogP contribution in [-0.2, 0) is 6.18 Å². The van der Waals surface area contributed by atoms with Crippen LogP contribution in [0.3, 0.4) is 0 Å². The highest BCUT2D eigenvalue weighted by Crippen LogP contribution is 2.33. The van der Waals surface area contributed by atoms with E-state index in [9.17, 15) is 32.5 Å². The zero-order chi connectivity index (χ0) is 23.2. The van der Waals surface area contributed by atoms with Crippen molar-refractivity contribution in [2.75, 3.05) is 31.3 Å². The number of anilines is 1. The van der Waals surface area contributed by atoms with E-state index in [-0.39, 0.29) is 17.4 Å². The van der Waals surface area contributed by atoms with Crippen molar-refractivity contribution in [1.82, 2.24) is 10.3 Å². The van der Waals surface area contributed by atoms with E-state index in [0.29, 0.717) is 18.6 Å². The molecule has 0 saturated heterocycles. The maximum Gasteiger partial charge on any atom is 0.416 e. The molecule has 31 heavy (non-hydrogen) atoms. The van der Waals surface area contributed by atoms with E-state index in [4.69, 9.17) is 0 Å². The van der Waals surface area contributed by atoms with E-state index in [2.05, 4.69) is 10.3 Å². The summed E-state index contributed by atoms with van der Waals surface area (Å²) in [6.07, 6.45) is -3.44. The van der Waals surface area contributed by atoms with Crippen molar-refractivity contribution in [3.63, 3.8) is 0 Å². The van der Waals surface area contributed by atoms with Crippen LogP contribution < -0.4 is 10.2 Å². The highest BCUT2D eigenvalue weighted by molar-refractivity contribution is 7.99. The molecule has 1 heterocycles. The van der Waals surface area contributed by atoms with Crippen LogP contribution in [0.15, 0.2) is 35.4 Å². The number of aromatic nitrogens is 1. The number of hydrogen-bond donors (Lipinski definition) is 1. The summed E-state index contributed by atoms with van der Waals surface area (Å²) in [6, 6.07) is 4.65. The van der Waals surface area contributed by atoms with E-state index in [1.807, 2.05) is 0 Å². The first kappa shape index (κ1) is 24.4. The SMILES string of the molecule is CN(C)c1cc(C(F)(F)F)cc(SCCCCNC(=O)c2cc([N+](=O)[O-])ccc2F)n1. The van der Waals surface area contributed by atoms with Crippen molar-refractivity contribution < 1.29 is 27.3 Å². The molecular formula is C19H20F4N4O3S. The minimum Gasteiger partial charge on any atom is -0.363 e. The lowest BCUT2D eigenvalue weighted by Crippen LogP contribution is -2.25. The third-order valence-electron chi connectivity index (χ3n) is 4.09. The molecular weight excluding hydrogens is 440 g/mol. The number of unbranched alkanes of at least 4 members (excludes halogenated alkanes) is 1. The average molecular weight is 460 g/mol. The van der Waals surface area contributed by atoms with Crippen LogP contribution in [0.4, 0.5) is 29.1 Å². The molecule has 1 aromatic carbocycles. The zero-order valence-electron chi connectivity index (χ0n) is 16.7. The molecule has 12 heteroatoms. The molecule has 0 radical (unpaired) electrons. The molecule has 0 aliphatic carbocycles. The first-order chi connectivity index (χ1) is 14.5. The number of nitro benzene ring substituents is 1. The van der Waals surface area contributed by atoms with Gasteiger partial charge in [-0.05, 0) is 36.8 Å². The topological polar surface area (TPSA) is 88.4 Å². The quantitative estimate of drug-likeness (QED) is 0.195. The van der Waals surface area contributed by atoms with Gasteiger partial charge in [0.25, 0.3) is 11.6 Å². The number of carbonyl (C=O) groups is 1. The molecule has 0 atom stereocenters. The summed E-state index contributed by atoms with van der Waals surface area (Å²) in [5.74, 6) is -0.985. The first-order valence-corrected chi connectivity index (χ1v) is 10.1. The normalized spacial score (nSPS) is 11.3. The number of hydrogen-bond acceptors (Lipinski definition) is 6. The highest BCUT2D eigenvalue weighted by atomic mass is 32.2. The lowest BCUT2D eigenvalue weighted by Gasteiger charge is -2.16. The van der Waals surface area contributed by atoms with Gasteiger partial charge in [-0.3, -0.25) is 14.9 Å². The number of nitrogens with zero attached hydrogens (tertiary/aromatic N) is 3. The van der Waals surface area contributed by atoms with Gasteiger partial charge in [-0.2, -0.15) is 13.2 Å². The standard InChI is InChI=1S/C19H20F4N4O3S/c1-26(2)16-9-12(19(21,22)23)10-17(25-16)31-8-4-3-7-24-18(28)14-11-13(27(29)30)5-6-15(14)20/h5-6,9-11H,3-4,7-8H2,1-2H3,(H,24,28). The molecule has 0 saturated carbocycles. The number of carbonyl (C=O) groups excluding carboxylic acids is 1. The summed E-state index contributed by atoms with van der Waals surface area (Å²) in [4.78, 5) is 27.7.